The van der Waals surface area contributed by atoms with Crippen molar-refractivity contribution in [2.45, 2.75) is 26.2 Å². The Morgan fingerprint density at radius 2 is 2.16 bits per heavy atom. The molecular weight excluding hydrogens is 281 g/mol. The number of rotatable bonds is 2. The van der Waals surface area contributed by atoms with Gasteiger partial charge in [0.25, 0.3) is 0 Å². The van der Waals surface area contributed by atoms with Gasteiger partial charge in [0.15, 0.2) is 0 Å². The van der Waals surface area contributed by atoms with Gasteiger partial charge in [0, 0.05) is 16.0 Å². The molecule has 2 atom stereocenters. The van der Waals surface area contributed by atoms with Gasteiger partial charge in [-0.1, -0.05) is 47.8 Å². The van der Waals surface area contributed by atoms with Crippen molar-refractivity contribution in [2.24, 2.45) is 17.0 Å². The molecule has 2 unspecified atom stereocenters. The quantitative estimate of drug-likeness (QED) is 0.450. The third-order valence-corrected chi connectivity index (χ3v) is 4.26. The minimum absolute atomic E-state index is 0.186. The summed E-state index contributed by atoms with van der Waals surface area (Å²) in [6, 6.07) is 5.50. The third kappa shape index (κ3) is 3.52. The summed E-state index contributed by atoms with van der Waals surface area (Å²) >= 11 is 12.1. The zero-order valence-electron chi connectivity index (χ0n) is 10.8. The molecule has 0 spiro atoms. The van der Waals surface area contributed by atoms with E-state index in [1.54, 1.807) is 12.3 Å². The third-order valence-electron chi connectivity index (χ3n) is 3.70. The maximum atomic E-state index is 8.81. The Balaban J connectivity index is 2.33. The Morgan fingerprint density at radius 1 is 1.37 bits per heavy atom. The Bertz CT molecular complexity index is 511. The maximum absolute atomic E-state index is 8.81. The van der Waals surface area contributed by atoms with Crippen molar-refractivity contribution >= 4 is 35.5 Å². The topological polar surface area (TPSA) is 32.6 Å². The van der Waals surface area contributed by atoms with Crippen molar-refractivity contribution in [3.8, 4) is 0 Å². The van der Waals surface area contributed by atoms with E-state index >= 15 is 0 Å². The van der Waals surface area contributed by atoms with E-state index in [0.717, 1.165) is 24.8 Å². The summed E-state index contributed by atoms with van der Waals surface area (Å²) in [6.45, 7) is 2.18. The van der Waals surface area contributed by atoms with Crippen molar-refractivity contribution < 1.29 is 5.21 Å². The summed E-state index contributed by atoms with van der Waals surface area (Å²) < 4.78 is 0. The molecule has 1 N–H and O–H groups in total. The Kier molecular flexibility index (Phi) is 4.89. The first-order valence-corrected chi connectivity index (χ1v) is 7.20. The molecular formula is C15H17Cl2NO. The van der Waals surface area contributed by atoms with Crippen LogP contribution in [-0.4, -0.2) is 11.4 Å². The molecule has 0 aliphatic heterocycles. The molecule has 1 fully saturated rings. The SMILES string of the molecule is CC1CCC/C(=C\c2ccc(Cl)cc2Cl)C1C=NO. The van der Waals surface area contributed by atoms with Crippen molar-refractivity contribution in [3.63, 3.8) is 0 Å². The second kappa shape index (κ2) is 6.44. The zero-order chi connectivity index (χ0) is 13.8. The van der Waals surface area contributed by atoms with Gasteiger partial charge in [0.05, 0.1) is 6.21 Å². The predicted octanol–water partition coefficient (Wildman–Crippen LogP) is 5.27. The number of allylic oxidation sites excluding steroid dienone is 1. The molecule has 0 aromatic heterocycles. The molecule has 2 nitrogen and oxygen atoms in total. The molecule has 4 heteroatoms. The Morgan fingerprint density at radius 3 is 2.84 bits per heavy atom. The molecule has 19 heavy (non-hydrogen) atoms. The van der Waals surface area contributed by atoms with Gasteiger partial charge >= 0.3 is 0 Å². The van der Waals surface area contributed by atoms with Gasteiger partial charge in [-0.15, -0.1) is 5.16 Å². The standard InChI is InChI=1S/C15H17Cl2NO/c1-10-3-2-4-11(14(10)9-18-19)7-12-5-6-13(16)8-15(12)17/h5-10,14,19H,2-4H2,1H3/b11-7+,18-9?. The zero-order valence-corrected chi connectivity index (χ0v) is 12.3. The van der Waals surface area contributed by atoms with Gasteiger partial charge in [-0.25, -0.2) is 0 Å². The van der Waals surface area contributed by atoms with Crippen LogP contribution < -0.4 is 0 Å². The maximum Gasteiger partial charge on any atom is 0.0510 e. The van der Waals surface area contributed by atoms with Gasteiger partial charge < -0.3 is 5.21 Å². The molecule has 1 aromatic carbocycles. The van der Waals surface area contributed by atoms with Gasteiger partial charge in [0.2, 0.25) is 0 Å². The van der Waals surface area contributed by atoms with E-state index in [-0.39, 0.29) is 5.92 Å². The van der Waals surface area contributed by atoms with E-state index in [1.165, 1.54) is 5.57 Å². The highest BCUT2D eigenvalue weighted by atomic mass is 35.5. The van der Waals surface area contributed by atoms with Crippen molar-refractivity contribution in [3.05, 3.63) is 39.4 Å². The normalized spacial score (nSPS) is 26.2. The molecule has 0 saturated heterocycles. The van der Waals surface area contributed by atoms with E-state index in [1.807, 2.05) is 12.1 Å². The summed E-state index contributed by atoms with van der Waals surface area (Å²) in [5.74, 6) is 0.674. The van der Waals surface area contributed by atoms with Crippen molar-refractivity contribution in [1.29, 1.82) is 0 Å². The summed E-state index contributed by atoms with van der Waals surface area (Å²) in [4.78, 5) is 0. The summed E-state index contributed by atoms with van der Waals surface area (Å²) in [5.41, 5.74) is 2.23. The van der Waals surface area contributed by atoms with E-state index in [2.05, 4.69) is 18.2 Å². The number of hydrogen-bond donors (Lipinski definition) is 1. The van der Waals surface area contributed by atoms with Crippen LogP contribution in [0.4, 0.5) is 0 Å². The van der Waals surface area contributed by atoms with Crippen LogP contribution in [0.5, 0.6) is 0 Å². The minimum Gasteiger partial charge on any atom is -0.411 e. The van der Waals surface area contributed by atoms with Crippen LogP contribution in [0.1, 0.15) is 31.7 Å². The average Bonchev–Trinajstić information content (AvgIpc) is 2.37. The van der Waals surface area contributed by atoms with Gasteiger partial charge in [-0.3, -0.25) is 0 Å². The first-order valence-electron chi connectivity index (χ1n) is 6.45. The molecule has 1 aromatic rings. The predicted molar refractivity (Wildman–Crippen MR) is 81.2 cm³/mol. The number of halogens is 2. The van der Waals surface area contributed by atoms with Crippen molar-refractivity contribution in [2.75, 3.05) is 0 Å². The number of oxime groups is 1. The van der Waals surface area contributed by atoms with E-state index in [9.17, 15) is 0 Å². The van der Waals surface area contributed by atoms with Crippen LogP contribution in [0, 0.1) is 11.8 Å². The smallest absolute Gasteiger partial charge is 0.0510 e. The highest BCUT2D eigenvalue weighted by Gasteiger charge is 2.24. The van der Waals surface area contributed by atoms with E-state index in [4.69, 9.17) is 28.4 Å². The summed E-state index contributed by atoms with van der Waals surface area (Å²) in [6.07, 6.45) is 7.05. The van der Waals surface area contributed by atoms with Crippen LogP contribution in [-0.2, 0) is 0 Å². The number of nitrogens with zero attached hydrogens (tertiary/aromatic N) is 1. The Hall–Kier alpha value is -0.990. The summed E-state index contributed by atoms with van der Waals surface area (Å²) in [5, 5.41) is 13.3. The molecule has 1 aliphatic carbocycles. The first kappa shape index (κ1) is 14.4. The lowest BCUT2D eigenvalue weighted by atomic mass is 9.77. The van der Waals surface area contributed by atoms with Crippen LogP contribution in [0.3, 0.4) is 0 Å². The fourth-order valence-electron chi connectivity index (χ4n) is 2.64. The van der Waals surface area contributed by atoms with Crippen LogP contribution in [0.15, 0.2) is 28.9 Å². The monoisotopic (exact) mass is 297 g/mol. The average molecular weight is 298 g/mol. The fourth-order valence-corrected chi connectivity index (χ4v) is 3.10. The number of benzene rings is 1. The second-order valence-corrected chi connectivity index (χ2v) is 5.89. The lowest BCUT2D eigenvalue weighted by Gasteiger charge is -2.28. The molecule has 102 valence electrons. The van der Waals surface area contributed by atoms with Gasteiger partial charge in [-0.2, -0.15) is 0 Å². The molecule has 0 heterocycles. The van der Waals surface area contributed by atoms with E-state index in [0.29, 0.717) is 16.0 Å². The summed E-state index contributed by atoms with van der Waals surface area (Å²) in [7, 11) is 0. The highest BCUT2D eigenvalue weighted by Crippen LogP contribution is 2.35. The molecule has 2 rings (SSSR count). The van der Waals surface area contributed by atoms with Crippen LogP contribution in [0.2, 0.25) is 10.0 Å². The largest absolute Gasteiger partial charge is 0.411 e. The van der Waals surface area contributed by atoms with Crippen LogP contribution >= 0.6 is 23.2 Å². The highest BCUT2D eigenvalue weighted by molar-refractivity contribution is 6.35. The minimum atomic E-state index is 0.186. The second-order valence-electron chi connectivity index (χ2n) is 5.04. The molecule has 0 radical (unpaired) electrons. The number of hydrogen-bond acceptors (Lipinski definition) is 2. The van der Waals surface area contributed by atoms with E-state index < -0.39 is 0 Å². The lowest BCUT2D eigenvalue weighted by molar-refractivity contribution is 0.312. The Labute approximate surface area is 123 Å². The molecule has 1 saturated carbocycles. The molecule has 1 aliphatic rings. The van der Waals surface area contributed by atoms with Crippen LogP contribution in [0.25, 0.3) is 6.08 Å². The molecule has 0 amide bonds. The molecule has 0 bridgehead atoms. The fraction of sp³-hybridized carbons (Fsp3) is 0.400. The first-order chi connectivity index (χ1) is 9.11. The van der Waals surface area contributed by atoms with Crippen molar-refractivity contribution in [1.82, 2.24) is 0 Å². The lowest BCUT2D eigenvalue weighted by Crippen LogP contribution is -2.20. The van der Waals surface area contributed by atoms with Gasteiger partial charge in [0.1, 0.15) is 0 Å². The van der Waals surface area contributed by atoms with Gasteiger partial charge in [-0.05, 0) is 42.9 Å².